The summed E-state index contributed by atoms with van der Waals surface area (Å²) in [5.74, 6) is 0. The van der Waals surface area contributed by atoms with Crippen molar-refractivity contribution in [3.05, 3.63) is 299 Å². The molecule has 10 aromatic carbocycles. The zero-order valence-electron chi connectivity index (χ0n) is 38.0. The van der Waals surface area contributed by atoms with Gasteiger partial charge in [0.15, 0.2) is 0 Å². The molecule has 1 heteroatoms. The maximum atomic E-state index is 2.56. The van der Waals surface area contributed by atoms with E-state index >= 15 is 0 Å². The van der Waals surface area contributed by atoms with Crippen LogP contribution in [0.5, 0.6) is 0 Å². The normalized spacial score (nSPS) is 18.0. The lowest BCUT2D eigenvalue weighted by Crippen LogP contribution is -2.43. The van der Waals surface area contributed by atoms with Crippen molar-refractivity contribution in [3.8, 4) is 50.2 Å². The molecule has 0 bridgehead atoms. The van der Waals surface area contributed by atoms with Gasteiger partial charge in [-0.2, -0.15) is 0 Å². The van der Waals surface area contributed by atoms with Crippen LogP contribution in [0.15, 0.2) is 254 Å². The summed E-state index contributed by atoms with van der Waals surface area (Å²) in [5.41, 5.74) is 26.5. The molecule has 0 amide bonds. The summed E-state index contributed by atoms with van der Waals surface area (Å²) >= 11 is 0. The highest BCUT2D eigenvalue weighted by Gasteiger charge is 2.60. The molecular formula is C68H45N. The first-order chi connectivity index (χ1) is 34.2. The standard InChI is InChI=1S/C68H45N/c1-2-18-44(19-3-1)45-36-39-49(40-37-45)69-64-35-15-7-24-53(64)55-43-47(38-41-65(55)69)46-20-16-21-48(42-46)50-26-17-34-63-66(50)54-25-6-10-29-58(54)68(63)61-32-13-11-30-59(61)67(60-31-12-14-33-62(60)68)56-27-8-4-22-51(56)52-23-5-9-28-57(52)67/h1-4,6-8,10-43H,5,9H2. The Bertz CT molecular complexity index is 3960. The molecule has 1 aromatic heterocycles. The first kappa shape index (κ1) is 38.6. The van der Waals surface area contributed by atoms with E-state index in [1.54, 1.807) is 0 Å². The minimum absolute atomic E-state index is 0.411. The summed E-state index contributed by atoms with van der Waals surface area (Å²) in [5, 5.41) is 2.50. The number of hydrogen-bond donors (Lipinski definition) is 0. The zero-order valence-corrected chi connectivity index (χ0v) is 38.0. The van der Waals surface area contributed by atoms with Gasteiger partial charge in [0.2, 0.25) is 0 Å². The fourth-order valence-electron chi connectivity index (χ4n) is 13.5. The number of benzene rings is 10. The van der Waals surface area contributed by atoms with Crippen LogP contribution in [0.3, 0.4) is 0 Å². The Hall–Kier alpha value is -8.52. The van der Waals surface area contributed by atoms with Crippen LogP contribution in [0.2, 0.25) is 0 Å². The monoisotopic (exact) mass is 875 g/mol. The van der Waals surface area contributed by atoms with Gasteiger partial charge in [-0.1, -0.05) is 212 Å². The van der Waals surface area contributed by atoms with Crippen LogP contribution < -0.4 is 0 Å². The fraction of sp³-hybridized carbons (Fsp3) is 0.0588. The van der Waals surface area contributed by atoms with Gasteiger partial charge in [-0.05, 0) is 149 Å². The number of allylic oxidation sites excluding steroid dienone is 4. The Kier molecular flexibility index (Phi) is 8.10. The molecule has 4 aliphatic rings. The SMILES string of the molecule is C1=C2C(=CCC1)C1(c3ccccc32)c2ccccc2C2(c3ccccc3-c3c(-c4cccc(-c5ccc6c(c5)c5ccccc5n6-c5ccc(-c6ccccc6)cc5)c4)cccc32)c2ccccc21. The van der Waals surface area contributed by atoms with E-state index in [-0.39, 0.29) is 0 Å². The molecule has 0 radical (unpaired) electrons. The van der Waals surface area contributed by atoms with E-state index in [0.29, 0.717) is 0 Å². The van der Waals surface area contributed by atoms with Gasteiger partial charge in [0.1, 0.15) is 0 Å². The van der Waals surface area contributed by atoms with E-state index < -0.39 is 10.8 Å². The van der Waals surface area contributed by atoms with Gasteiger partial charge in [0.25, 0.3) is 0 Å². The number of nitrogens with zero attached hydrogens (tertiary/aromatic N) is 1. The highest BCUT2D eigenvalue weighted by Crippen LogP contribution is 2.68. The van der Waals surface area contributed by atoms with Crippen molar-refractivity contribution in [3.63, 3.8) is 0 Å². The molecule has 15 rings (SSSR count). The topological polar surface area (TPSA) is 4.93 Å². The van der Waals surface area contributed by atoms with E-state index in [1.165, 1.54) is 122 Å². The van der Waals surface area contributed by atoms with Crippen molar-refractivity contribution in [2.24, 2.45) is 0 Å². The highest BCUT2D eigenvalue weighted by atomic mass is 15.0. The van der Waals surface area contributed by atoms with Crippen molar-refractivity contribution in [1.29, 1.82) is 0 Å². The number of para-hydroxylation sites is 1. The molecule has 0 atom stereocenters. The summed E-state index contributed by atoms with van der Waals surface area (Å²) < 4.78 is 2.41. The summed E-state index contributed by atoms with van der Waals surface area (Å²) in [4.78, 5) is 0. The molecule has 0 N–H and O–H groups in total. The number of rotatable bonds is 4. The Balaban J connectivity index is 0.902. The van der Waals surface area contributed by atoms with Crippen molar-refractivity contribution in [2.75, 3.05) is 0 Å². The number of fused-ring (bicyclic) bond motifs is 19. The van der Waals surface area contributed by atoms with Crippen LogP contribution in [-0.2, 0) is 10.8 Å². The van der Waals surface area contributed by atoms with Gasteiger partial charge in [-0.15, -0.1) is 0 Å². The van der Waals surface area contributed by atoms with E-state index in [4.69, 9.17) is 0 Å². The molecule has 0 fully saturated rings. The number of aromatic nitrogens is 1. The van der Waals surface area contributed by atoms with E-state index in [1.807, 2.05) is 0 Å². The molecular weight excluding hydrogens is 831 g/mol. The average molecular weight is 876 g/mol. The molecule has 0 unspecified atom stereocenters. The Labute approximate surface area is 402 Å². The predicted molar refractivity (Wildman–Crippen MR) is 286 cm³/mol. The van der Waals surface area contributed by atoms with Crippen molar-refractivity contribution in [2.45, 2.75) is 23.7 Å². The van der Waals surface area contributed by atoms with Crippen LogP contribution in [0.25, 0.3) is 77.6 Å². The molecule has 0 aliphatic heterocycles. The maximum absolute atomic E-state index is 2.56. The maximum Gasteiger partial charge on any atom is 0.0720 e. The van der Waals surface area contributed by atoms with Gasteiger partial charge in [-0.3, -0.25) is 0 Å². The minimum atomic E-state index is -0.518. The number of hydrogen-bond acceptors (Lipinski definition) is 0. The largest absolute Gasteiger partial charge is 0.309 e. The van der Waals surface area contributed by atoms with Gasteiger partial charge in [-0.25, -0.2) is 0 Å². The van der Waals surface area contributed by atoms with Crippen LogP contribution >= 0.6 is 0 Å². The Morgan fingerprint density at radius 2 is 0.812 bits per heavy atom. The van der Waals surface area contributed by atoms with Crippen LogP contribution in [0.4, 0.5) is 0 Å². The highest BCUT2D eigenvalue weighted by molar-refractivity contribution is 6.11. The Morgan fingerprint density at radius 3 is 1.58 bits per heavy atom. The lowest BCUT2D eigenvalue weighted by Gasteiger charge is -2.49. The summed E-state index contributed by atoms with van der Waals surface area (Å²) in [6, 6.07) is 89.2. The Morgan fingerprint density at radius 1 is 0.304 bits per heavy atom. The molecule has 0 saturated carbocycles. The lowest BCUT2D eigenvalue weighted by molar-refractivity contribution is 0.630. The third-order valence-corrected chi connectivity index (χ3v) is 16.1. The average Bonchev–Trinajstić information content (AvgIpc) is 4.03. The molecule has 2 spiro atoms. The molecule has 69 heavy (non-hydrogen) atoms. The first-order valence-electron chi connectivity index (χ1n) is 24.5. The van der Waals surface area contributed by atoms with Gasteiger partial charge in [0, 0.05) is 16.5 Å². The molecule has 11 aromatic rings. The molecule has 1 nitrogen and oxygen atoms in total. The first-order valence-corrected chi connectivity index (χ1v) is 24.5. The van der Waals surface area contributed by atoms with Crippen LogP contribution in [-0.4, -0.2) is 4.57 Å². The molecule has 4 aliphatic carbocycles. The van der Waals surface area contributed by atoms with Gasteiger partial charge >= 0.3 is 0 Å². The molecule has 0 saturated heterocycles. The van der Waals surface area contributed by atoms with Gasteiger partial charge < -0.3 is 4.57 Å². The van der Waals surface area contributed by atoms with Crippen molar-refractivity contribution >= 4 is 27.4 Å². The predicted octanol–water partition coefficient (Wildman–Crippen LogP) is 16.9. The zero-order chi connectivity index (χ0) is 45.3. The summed E-state index contributed by atoms with van der Waals surface area (Å²) in [6.45, 7) is 0. The van der Waals surface area contributed by atoms with Crippen LogP contribution in [0, 0.1) is 0 Å². The van der Waals surface area contributed by atoms with E-state index in [9.17, 15) is 0 Å². The summed E-state index contributed by atoms with van der Waals surface area (Å²) in [6.07, 6.45) is 7.19. The summed E-state index contributed by atoms with van der Waals surface area (Å²) in [7, 11) is 0. The third kappa shape index (κ3) is 5.09. The lowest BCUT2D eigenvalue weighted by atomic mass is 9.52. The van der Waals surface area contributed by atoms with Crippen LogP contribution in [0.1, 0.15) is 57.3 Å². The quantitative estimate of drug-likeness (QED) is 0.166. The second-order valence-corrected chi connectivity index (χ2v) is 19.3. The van der Waals surface area contributed by atoms with E-state index in [0.717, 1.165) is 18.5 Å². The second kappa shape index (κ2) is 14.5. The third-order valence-electron chi connectivity index (χ3n) is 16.1. The molecule has 322 valence electrons. The van der Waals surface area contributed by atoms with Gasteiger partial charge in [0.05, 0.1) is 21.9 Å². The smallest absolute Gasteiger partial charge is 0.0720 e. The van der Waals surface area contributed by atoms with E-state index in [2.05, 4.69) is 253 Å². The van der Waals surface area contributed by atoms with Crippen molar-refractivity contribution in [1.82, 2.24) is 4.57 Å². The fourth-order valence-corrected chi connectivity index (χ4v) is 13.5. The molecule has 1 heterocycles. The minimum Gasteiger partial charge on any atom is -0.309 e. The van der Waals surface area contributed by atoms with Crippen molar-refractivity contribution < 1.29 is 0 Å². The second-order valence-electron chi connectivity index (χ2n) is 19.3.